The molecule has 1 atom stereocenters. The van der Waals surface area contributed by atoms with E-state index in [0.29, 0.717) is 5.92 Å². The minimum Gasteiger partial charge on any atom is -0.345 e. The fraction of sp³-hybridized carbons (Fsp3) is 0.812. The van der Waals surface area contributed by atoms with Crippen molar-refractivity contribution in [2.75, 3.05) is 18.5 Å². The van der Waals surface area contributed by atoms with Crippen molar-refractivity contribution in [1.29, 1.82) is 0 Å². The molecule has 0 amide bonds. The molecule has 0 aliphatic heterocycles. The van der Waals surface area contributed by atoms with E-state index in [2.05, 4.69) is 24.1 Å². The summed E-state index contributed by atoms with van der Waals surface area (Å²) in [6, 6.07) is 0.786. The Bertz CT molecular complexity index is 449. The highest BCUT2D eigenvalue weighted by atomic mass is 32.1. The molecule has 3 nitrogen and oxygen atoms in total. The van der Waals surface area contributed by atoms with Crippen molar-refractivity contribution in [2.45, 2.75) is 64.5 Å². The zero-order valence-corrected chi connectivity index (χ0v) is 13.8. The number of anilines is 1. The second-order valence-electron chi connectivity index (χ2n) is 6.47. The predicted molar refractivity (Wildman–Crippen MR) is 86.7 cm³/mol. The molecule has 0 saturated heterocycles. The van der Waals surface area contributed by atoms with E-state index >= 15 is 0 Å². The first-order chi connectivity index (χ1) is 9.72. The van der Waals surface area contributed by atoms with E-state index in [1.807, 2.05) is 18.4 Å². The van der Waals surface area contributed by atoms with Gasteiger partial charge in [-0.1, -0.05) is 13.8 Å². The van der Waals surface area contributed by atoms with Crippen LogP contribution >= 0.6 is 11.3 Å². The Hall–Kier alpha value is -0.610. The van der Waals surface area contributed by atoms with Crippen LogP contribution in [0.3, 0.4) is 0 Å². The van der Waals surface area contributed by atoms with E-state index in [9.17, 15) is 0 Å². The predicted octanol–water partition coefficient (Wildman–Crippen LogP) is 3.75. The lowest BCUT2D eigenvalue weighted by atomic mass is 10.0. The monoisotopic (exact) mass is 293 g/mol. The Balaban J connectivity index is 1.82. The Morgan fingerprint density at radius 2 is 2.10 bits per heavy atom. The number of aromatic nitrogens is 1. The smallest absolute Gasteiger partial charge is 0.186 e. The maximum Gasteiger partial charge on any atom is 0.186 e. The van der Waals surface area contributed by atoms with Crippen LogP contribution in [0, 0.1) is 5.92 Å². The number of nitrogens with one attached hydrogen (secondary N) is 1. The van der Waals surface area contributed by atoms with Crippen LogP contribution in [0.2, 0.25) is 0 Å². The molecule has 3 rings (SSSR count). The summed E-state index contributed by atoms with van der Waals surface area (Å²) in [5.74, 6) is 1.52. The molecule has 1 unspecified atom stereocenters. The second-order valence-corrected chi connectivity index (χ2v) is 7.53. The average molecular weight is 293 g/mol. The standard InChI is InChI=1S/C16H27N3S/c1-4-11(2)15-14(9-17-3)20-16(18-15)19(13-7-8-13)10-12-5-6-12/h11-13,17H,4-10H2,1-3H3. The van der Waals surface area contributed by atoms with Crippen LogP contribution in [-0.2, 0) is 6.54 Å². The van der Waals surface area contributed by atoms with Gasteiger partial charge in [0.2, 0.25) is 0 Å². The summed E-state index contributed by atoms with van der Waals surface area (Å²) in [4.78, 5) is 9.11. The first-order valence-electron chi connectivity index (χ1n) is 8.13. The van der Waals surface area contributed by atoms with E-state index in [1.54, 1.807) is 0 Å². The third-order valence-electron chi connectivity index (χ3n) is 4.52. The molecule has 2 aliphatic rings. The van der Waals surface area contributed by atoms with Crippen molar-refractivity contribution in [3.8, 4) is 0 Å². The van der Waals surface area contributed by atoms with Crippen LogP contribution < -0.4 is 10.2 Å². The average Bonchev–Trinajstić information content (AvgIpc) is 3.34. The fourth-order valence-corrected chi connectivity index (χ4v) is 3.96. The van der Waals surface area contributed by atoms with Crippen LogP contribution in [0.25, 0.3) is 0 Å². The summed E-state index contributed by atoms with van der Waals surface area (Å²) in [7, 11) is 2.03. The van der Waals surface area contributed by atoms with Crippen LogP contribution in [0.1, 0.15) is 62.4 Å². The maximum atomic E-state index is 5.05. The number of hydrogen-bond donors (Lipinski definition) is 1. The molecule has 0 aromatic carbocycles. The van der Waals surface area contributed by atoms with Crippen molar-refractivity contribution in [3.63, 3.8) is 0 Å². The van der Waals surface area contributed by atoms with E-state index in [1.165, 1.54) is 54.4 Å². The van der Waals surface area contributed by atoms with Crippen molar-refractivity contribution in [2.24, 2.45) is 5.92 Å². The molecule has 1 aromatic heterocycles. The molecule has 1 N–H and O–H groups in total. The number of nitrogens with zero attached hydrogens (tertiary/aromatic N) is 2. The topological polar surface area (TPSA) is 28.2 Å². The summed E-state index contributed by atoms with van der Waals surface area (Å²) in [6.07, 6.45) is 6.76. The molecule has 20 heavy (non-hydrogen) atoms. The van der Waals surface area contributed by atoms with Crippen LogP contribution in [0.4, 0.5) is 5.13 Å². The van der Waals surface area contributed by atoms with Gasteiger partial charge in [-0.3, -0.25) is 0 Å². The zero-order valence-electron chi connectivity index (χ0n) is 13.0. The van der Waals surface area contributed by atoms with Gasteiger partial charge >= 0.3 is 0 Å². The van der Waals surface area contributed by atoms with Gasteiger partial charge < -0.3 is 10.2 Å². The Labute approximate surface area is 126 Å². The number of hydrogen-bond acceptors (Lipinski definition) is 4. The van der Waals surface area contributed by atoms with Gasteiger partial charge in [-0.25, -0.2) is 4.98 Å². The molecular formula is C16H27N3S. The Morgan fingerprint density at radius 1 is 1.35 bits per heavy atom. The van der Waals surface area contributed by atoms with Crippen molar-refractivity contribution >= 4 is 16.5 Å². The molecule has 0 radical (unpaired) electrons. The summed E-state index contributed by atoms with van der Waals surface area (Å²) < 4.78 is 0. The summed E-state index contributed by atoms with van der Waals surface area (Å²) >= 11 is 1.93. The highest BCUT2D eigenvalue weighted by Gasteiger charge is 2.35. The number of rotatable bonds is 8. The largest absolute Gasteiger partial charge is 0.345 e. The normalized spacial score (nSPS) is 20.1. The van der Waals surface area contributed by atoms with Gasteiger partial charge in [0, 0.05) is 24.0 Å². The zero-order chi connectivity index (χ0) is 14.1. The third-order valence-corrected chi connectivity index (χ3v) is 5.63. The highest BCUT2D eigenvalue weighted by molar-refractivity contribution is 7.15. The molecule has 2 aliphatic carbocycles. The van der Waals surface area contributed by atoms with Crippen LogP contribution in [0.15, 0.2) is 0 Å². The molecule has 0 spiro atoms. The molecule has 1 aromatic rings. The minimum atomic E-state index is 0.574. The first kappa shape index (κ1) is 14.3. The van der Waals surface area contributed by atoms with Crippen molar-refractivity contribution in [3.05, 3.63) is 10.6 Å². The lowest BCUT2D eigenvalue weighted by Gasteiger charge is -2.21. The maximum absolute atomic E-state index is 5.05. The van der Waals surface area contributed by atoms with Gasteiger partial charge in [-0.05, 0) is 51.0 Å². The van der Waals surface area contributed by atoms with Crippen LogP contribution in [-0.4, -0.2) is 24.6 Å². The van der Waals surface area contributed by atoms with E-state index in [4.69, 9.17) is 4.98 Å². The number of thiazole rings is 1. The summed E-state index contributed by atoms with van der Waals surface area (Å²) in [5.41, 5.74) is 1.34. The van der Waals surface area contributed by atoms with Gasteiger partial charge in [0.25, 0.3) is 0 Å². The quantitative estimate of drug-likeness (QED) is 0.791. The highest BCUT2D eigenvalue weighted by Crippen LogP contribution is 2.41. The lowest BCUT2D eigenvalue weighted by Crippen LogP contribution is -2.27. The van der Waals surface area contributed by atoms with Gasteiger partial charge in [0.05, 0.1) is 5.69 Å². The molecule has 1 heterocycles. The minimum absolute atomic E-state index is 0.574. The van der Waals surface area contributed by atoms with Crippen molar-refractivity contribution < 1.29 is 0 Å². The molecule has 0 bridgehead atoms. The first-order valence-corrected chi connectivity index (χ1v) is 8.95. The molecule has 2 saturated carbocycles. The van der Waals surface area contributed by atoms with Gasteiger partial charge in [-0.2, -0.15) is 0 Å². The second kappa shape index (κ2) is 6.02. The van der Waals surface area contributed by atoms with Crippen molar-refractivity contribution in [1.82, 2.24) is 10.3 Å². The Morgan fingerprint density at radius 3 is 2.65 bits per heavy atom. The molecule has 2 fully saturated rings. The van der Waals surface area contributed by atoms with E-state index < -0.39 is 0 Å². The molecule has 112 valence electrons. The summed E-state index contributed by atoms with van der Waals surface area (Å²) in [6.45, 7) is 6.77. The molecular weight excluding hydrogens is 266 g/mol. The summed E-state index contributed by atoms with van der Waals surface area (Å²) in [5, 5.41) is 4.60. The van der Waals surface area contributed by atoms with E-state index in [-0.39, 0.29) is 0 Å². The van der Waals surface area contributed by atoms with Gasteiger partial charge in [0.15, 0.2) is 5.13 Å². The van der Waals surface area contributed by atoms with Gasteiger partial charge in [-0.15, -0.1) is 11.3 Å². The third kappa shape index (κ3) is 3.17. The van der Waals surface area contributed by atoms with Gasteiger partial charge in [0.1, 0.15) is 0 Å². The Kier molecular flexibility index (Phi) is 4.32. The van der Waals surface area contributed by atoms with E-state index in [0.717, 1.165) is 18.5 Å². The fourth-order valence-electron chi connectivity index (χ4n) is 2.69. The lowest BCUT2D eigenvalue weighted by molar-refractivity contribution is 0.682. The van der Waals surface area contributed by atoms with Crippen LogP contribution in [0.5, 0.6) is 0 Å². The molecule has 4 heteroatoms. The SMILES string of the molecule is CCC(C)c1nc(N(CC2CC2)C2CC2)sc1CNC.